The van der Waals surface area contributed by atoms with Crippen LogP contribution >= 0.6 is 0 Å². The Kier molecular flexibility index (Phi) is 9.11. The van der Waals surface area contributed by atoms with Gasteiger partial charge in [0.1, 0.15) is 22.7 Å². The first kappa shape index (κ1) is 38.5. The molecular formula is C62H42O2. The molecule has 0 amide bonds. The van der Waals surface area contributed by atoms with E-state index in [1.54, 1.807) is 12.2 Å². The van der Waals surface area contributed by atoms with Crippen molar-refractivity contribution in [1.29, 1.82) is 0 Å². The van der Waals surface area contributed by atoms with E-state index in [9.17, 15) is 0 Å². The van der Waals surface area contributed by atoms with Crippen LogP contribution in [0.15, 0.2) is 206 Å². The molecule has 0 radical (unpaired) electrons. The lowest BCUT2D eigenvalue weighted by Crippen LogP contribution is -1.94. The SMILES string of the molecule is C=C/C=C(\C=C)c1c2ccccc2c(-c2cc3cc(-c4c5ccccc5c(-c5ccccc5)c5ccccc45)c4oc(C=C)c(C=C)c4c3c3c(C=C)c(C=C)oc23)c2ccccc12. The number of fused-ring (bicyclic) bond motifs is 9. The molecule has 302 valence electrons. The highest BCUT2D eigenvalue weighted by Crippen LogP contribution is 2.53. The van der Waals surface area contributed by atoms with Crippen LogP contribution in [-0.4, -0.2) is 0 Å². The Balaban J connectivity index is 1.38. The highest BCUT2D eigenvalue weighted by molar-refractivity contribution is 6.32. The van der Waals surface area contributed by atoms with Gasteiger partial charge in [0.05, 0.1) is 0 Å². The molecule has 0 aliphatic heterocycles. The molecule has 0 atom stereocenters. The molecule has 9 aromatic carbocycles. The Hall–Kier alpha value is -8.46. The summed E-state index contributed by atoms with van der Waals surface area (Å²) in [5.41, 5.74) is 11.8. The van der Waals surface area contributed by atoms with Crippen LogP contribution in [0.5, 0.6) is 0 Å². The van der Waals surface area contributed by atoms with Gasteiger partial charge < -0.3 is 8.83 Å². The first-order chi connectivity index (χ1) is 31.5. The Labute approximate surface area is 371 Å². The predicted molar refractivity (Wildman–Crippen MR) is 279 cm³/mol. The van der Waals surface area contributed by atoms with Gasteiger partial charge in [-0.1, -0.05) is 197 Å². The maximum Gasteiger partial charge on any atom is 0.143 e. The van der Waals surface area contributed by atoms with Crippen LogP contribution in [0.1, 0.15) is 28.2 Å². The van der Waals surface area contributed by atoms with Crippen LogP contribution in [0.2, 0.25) is 0 Å². The van der Waals surface area contributed by atoms with E-state index in [2.05, 4.69) is 179 Å². The Morgan fingerprint density at radius 3 is 1.19 bits per heavy atom. The van der Waals surface area contributed by atoms with Crippen LogP contribution in [0.25, 0.3) is 139 Å². The number of hydrogen-bond donors (Lipinski definition) is 0. The quantitative estimate of drug-likeness (QED) is 0.101. The second kappa shape index (κ2) is 15.2. The van der Waals surface area contributed by atoms with Gasteiger partial charge in [0.15, 0.2) is 0 Å². The summed E-state index contributed by atoms with van der Waals surface area (Å²) in [5.74, 6) is 1.29. The number of allylic oxidation sites excluding steroid dienone is 4. The molecule has 11 aromatic rings. The van der Waals surface area contributed by atoms with Crippen LogP contribution < -0.4 is 0 Å². The second-order valence-corrected chi connectivity index (χ2v) is 16.0. The van der Waals surface area contributed by atoms with Crippen molar-refractivity contribution in [3.63, 3.8) is 0 Å². The third-order valence-corrected chi connectivity index (χ3v) is 12.9. The van der Waals surface area contributed by atoms with Gasteiger partial charge >= 0.3 is 0 Å². The molecule has 2 nitrogen and oxygen atoms in total. The van der Waals surface area contributed by atoms with Crippen molar-refractivity contribution in [2.45, 2.75) is 0 Å². The molecule has 2 heterocycles. The maximum atomic E-state index is 7.01. The van der Waals surface area contributed by atoms with Crippen LogP contribution in [0, 0.1) is 0 Å². The minimum absolute atomic E-state index is 0.644. The summed E-state index contributed by atoms with van der Waals surface area (Å²) in [6.45, 7) is 25.4. The van der Waals surface area contributed by atoms with Gasteiger partial charge in [0.2, 0.25) is 0 Å². The minimum Gasteiger partial charge on any atom is -0.455 e. The van der Waals surface area contributed by atoms with Gasteiger partial charge in [0, 0.05) is 49.5 Å². The van der Waals surface area contributed by atoms with E-state index >= 15 is 0 Å². The molecule has 64 heavy (non-hydrogen) atoms. The zero-order chi connectivity index (χ0) is 43.6. The molecule has 0 unspecified atom stereocenters. The summed E-state index contributed by atoms with van der Waals surface area (Å²) in [5, 5.41) is 12.8. The number of furan rings is 2. The van der Waals surface area contributed by atoms with Gasteiger partial charge in [-0.3, -0.25) is 0 Å². The van der Waals surface area contributed by atoms with E-state index in [0.717, 1.165) is 120 Å². The zero-order valence-electron chi connectivity index (χ0n) is 35.4. The highest BCUT2D eigenvalue weighted by Gasteiger charge is 2.28. The van der Waals surface area contributed by atoms with Gasteiger partial charge in [-0.15, -0.1) is 0 Å². The highest BCUT2D eigenvalue weighted by atomic mass is 16.3. The zero-order valence-corrected chi connectivity index (χ0v) is 35.4. The second-order valence-electron chi connectivity index (χ2n) is 16.0. The lowest BCUT2D eigenvalue weighted by atomic mass is 9.82. The normalized spacial score (nSPS) is 11.9. The molecule has 0 aliphatic carbocycles. The van der Waals surface area contributed by atoms with Gasteiger partial charge in [0.25, 0.3) is 0 Å². The molecule has 0 N–H and O–H groups in total. The van der Waals surface area contributed by atoms with E-state index in [4.69, 9.17) is 8.83 Å². The minimum atomic E-state index is 0.644. The van der Waals surface area contributed by atoms with Crippen LogP contribution in [-0.2, 0) is 0 Å². The molecule has 0 saturated heterocycles. The number of hydrogen-bond acceptors (Lipinski definition) is 2. The Morgan fingerprint density at radius 2 is 0.797 bits per heavy atom. The molecule has 2 heteroatoms. The van der Waals surface area contributed by atoms with Crippen molar-refractivity contribution in [2.24, 2.45) is 0 Å². The smallest absolute Gasteiger partial charge is 0.143 e. The van der Waals surface area contributed by atoms with Crippen LogP contribution in [0.3, 0.4) is 0 Å². The summed E-state index contributed by atoms with van der Waals surface area (Å²) in [4.78, 5) is 0. The lowest BCUT2D eigenvalue weighted by molar-refractivity contribution is 0.605. The molecule has 0 bridgehead atoms. The summed E-state index contributed by atoms with van der Waals surface area (Å²) < 4.78 is 14.0. The van der Waals surface area contributed by atoms with E-state index in [1.165, 1.54) is 11.1 Å². The largest absolute Gasteiger partial charge is 0.455 e. The van der Waals surface area contributed by atoms with E-state index in [-0.39, 0.29) is 0 Å². The molecular weight excluding hydrogens is 777 g/mol. The molecule has 11 rings (SSSR count). The van der Waals surface area contributed by atoms with Gasteiger partial charge in [-0.2, -0.15) is 0 Å². The summed E-state index contributed by atoms with van der Waals surface area (Å²) in [6, 6.07) is 50.0. The average molecular weight is 819 g/mol. The van der Waals surface area contributed by atoms with Crippen molar-refractivity contribution in [2.75, 3.05) is 0 Å². The van der Waals surface area contributed by atoms with Crippen molar-refractivity contribution in [1.82, 2.24) is 0 Å². The summed E-state index contributed by atoms with van der Waals surface area (Å²) >= 11 is 0. The van der Waals surface area contributed by atoms with Gasteiger partial charge in [-0.05, 0) is 95.0 Å². The molecule has 2 aromatic heterocycles. The third-order valence-electron chi connectivity index (χ3n) is 12.9. The van der Waals surface area contributed by atoms with Gasteiger partial charge in [-0.25, -0.2) is 0 Å². The third kappa shape index (κ3) is 5.46. The van der Waals surface area contributed by atoms with Crippen molar-refractivity contribution >= 4 is 106 Å². The Morgan fingerprint density at radius 1 is 0.406 bits per heavy atom. The number of benzene rings is 9. The summed E-state index contributed by atoms with van der Waals surface area (Å²) in [7, 11) is 0. The van der Waals surface area contributed by atoms with Crippen molar-refractivity contribution < 1.29 is 8.83 Å². The fraction of sp³-hybridized carbons (Fsp3) is 0. The standard InChI is InChI=1S/C62H42O2/c1-7-24-37(8-2)54-42-27-16-20-31-46(42)57(47-32-21-17-28-43(47)54)50-35-39-36-51(62-60(41(10-4)53(12-6)64-62)56(39)59-40(9-3)52(11-5)63-61(50)59)58-48-33-22-18-29-44(48)55(38-25-14-13-15-26-38)45-30-19-23-34-49(45)58/h7-36H,1-6H2/b37-24+. The van der Waals surface area contributed by atoms with E-state index in [1.807, 2.05) is 30.4 Å². The van der Waals surface area contributed by atoms with Crippen LogP contribution in [0.4, 0.5) is 0 Å². The lowest BCUT2D eigenvalue weighted by Gasteiger charge is -2.20. The first-order valence-corrected chi connectivity index (χ1v) is 21.5. The summed E-state index contributed by atoms with van der Waals surface area (Å²) in [6.07, 6.45) is 13.1. The van der Waals surface area contributed by atoms with E-state index < -0.39 is 0 Å². The monoisotopic (exact) mass is 818 g/mol. The van der Waals surface area contributed by atoms with Crippen molar-refractivity contribution in [3.8, 4) is 33.4 Å². The van der Waals surface area contributed by atoms with E-state index in [0.29, 0.717) is 11.5 Å². The van der Waals surface area contributed by atoms with Crippen molar-refractivity contribution in [3.05, 3.63) is 225 Å². The molecule has 0 fully saturated rings. The fourth-order valence-electron chi connectivity index (χ4n) is 10.4. The molecule has 0 spiro atoms. The molecule has 0 saturated carbocycles. The first-order valence-electron chi connectivity index (χ1n) is 21.5. The fourth-order valence-corrected chi connectivity index (χ4v) is 10.4. The number of rotatable bonds is 10. The maximum absolute atomic E-state index is 7.01. The average Bonchev–Trinajstić information content (AvgIpc) is 3.93. The topological polar surface area (TPSA) is 26.3 Å². The Bertz CT molecular complexity index is 3770. The molecule has 0 aliphatic rings. The predicted octanol–water partition coefficient (Wildman–Crippen LogP) is 18.3.